The van der Waals surface area contributed by atoms with Crippen LogP contribution in [0, 0.1) is 6.92 Å². The Hall–Kier alpha value is -3.23. The average Bonchev–Trinajstić information content (AvgIpc) is 3.23. The monoisotopic (exact) mass is 545 g/mol. The van der Waals surface area contributed by atoms with E-state index in [1.54, 1.807) is 12.1 Å². The summed E-state index contributed by atoms with van der Waals surface area (Å²) in [5, 5.41) is 2.67. The fourth-order valence-corrected chi connectivity index (χ4v) is 7.07. The third kappa shape index (κ3) is 4.50. The highest BCUT2D eigenvalue weighted by molar-refractivity contribution is 7.89. The molecule has 1 fully saturated rings. The van der Waals surface area contributed by atoms with Gasteiger partial charge in [-0.05, 0) is 65.2 Å². The molecule has 1 aliphatic heterocycles. The molecule has 2 aliphatic rings. The summed E-state index contributed by atoms with van der Waals surface area (Å²) in [6.07, 6.45) is 0. The highest BCUT2D eigenvalue weighted by Crippen LogP contribution is 2.47. The number of hydrogen-bond donors (Lipinski definition) is 1. The van der Waals surface area contributed by atoms with Gasteiger partial charge < -0.3 is 4.90 Å². The largest absolute Gasteiger partial charge is 0.336 e. The molecule has 0 saturated carbocycles. The van der Waals surface area contributed by atoms with E-state index in [0.717, 1.165) is 27.5 Å². The van der Waals surface area contributed by atoms with Crippen LogP contribution in [-0.2, 0) is 10.0 Å². The summed E-state index contributed by atoms with van der Waals surface area (Å²) in [4.78, 5) is 17.5. The van der Waals surface area contributed by atoms with E-state index in [0.29, 0.717) is 36.8 Å². The van der Waals surface area contributed by atoms with Crippen LogP contribution in [0.25, 0.3) is 10.8 Å². The summed E-state index contributed by atoms with van der Waals surface area (Å²) in [6.45, 7) is 4.45. The molecule has 1 heterocycles. The summed E-state index contributed by atoms with van der Waals surface area (Å²) < 4.78 is 30.0. The summed E-state index contributed by atoms with van der Waals surface area (Å²) >= 11 is 6.00. The molecule has 194 valence electrons. The van der Waals surface area contributed by atoms with Crippen LogP contribution in [0.1, 0.15) is 39.1 Å². The molecular weight excluding hydrogens is 518 g/mol. The number of benzene rings is 4. The van der Waals surface area contributed by atoms with E-state index in [1.807, 2.05) is 54.3 Å². The van der Waals surface area contributed by atoms with Gasteiger partial charge in [-0.15, -0.1) is 0 Å². The van der Waals surface area contributed by atoms with Crippen molar-refractivity contribution in [2.45, 2.75) is 23.9 Å². The van der Waals surface area contributed by atoms with Crippen LogP contribution < -0.4 is 4.72 Å². The molecule has 1 N–H and O–H groups in total. The quantitative estimate of drug-likeness (QED) is 0.368. The Labute approximate surface area is 227 Å². The molecule has 0 bridgehead atoms. The molecule has 0 radical (unpaired) electrons. The minimum atomic E-state index is -3.81. The van der Waals surface area contributed by atoms with E-state index in [9.17, 15) is 13.2 Å². The third-order valence-electron chi connectivity index (χ3n) is 7.64. The van der Waals surface area contributed by atoms with E-state index in [1.165, 1.54) is 12.1 Å². The van der Waals surface area contributed by atoms with Crippen molar-refractivity contribution in [2.24, 2.45) is 0 Å². The highest BCUT2D eigenvalue weighted by Gasteiger charge is 2.41. The first-order valence-electron chi connectivity index (χ1n) is 12.7. The van der Waals surface area contributed by atoms with Crippen molar-refractivity contribution < 1.29 is 13.2 Å². The Morgan fingerprint density at radius 1 is 0.842 bits per heavy atom. The van der Waals surface area contributed by atoms with Crippen LogP contribution in [0.4, 0.5) is 0 Å². The van der Waals surface area contributed by atoms with Crippen molar-refractivity contribution in [3.63, 3.8) is 0 Å². The Morgan fingerprint density at radius 2 is 1.47 bits per heavy atom. The van der Waals surface area contributed by atoms with E-state index in [2.05, 4.69) is 27.8 Å². The number of sulfonamides is 1. The zero-order valence-electron chi connectivity index (χ0n) is 21.0. The van der Waals surface area contributed by atoms with Gasteiger partial charge in [0.05, 0.1) is 17.0 Å². The maximum Gasteiger partial charge on any atom is 0.253 e. The number of carbonyl (C=O) groups excluding carboxylic acids is 1. The number of nitrogens with one attached hydrogen (secondary N) is 1. The first-order chi connectivity index (χ1) is 18.3. The lowest BCUT2D eigenvalue weighted by Crippen LogP contribution is -2.51. The van der Waals surface area contributed by atoms with Crippen LogP contribution in [0.15, 0.2) is 89.8 Å². The van der Waals surface area contributed by atoms with Gasteiger partial charge in [-0.3, -0.25) is 9.69 Å². The van der Waals surface area contributed by atoms with Gasteiger partial charge in [0.15, 0.2) is 0 Å². The molecule has 1 aliphatic carbocycles. The first kappa shape index (κ1) is 25.1. The highest BCUT2D eigenvalue weighted by atomic mass is 35.5. The first-order valence-corrected chi connectivity index (χ1v) is 14.6. The number of hydrogen-bond acceptors (Lipinski definition) is 4. The second-order valence-electron chi connectivity index (χ2n) is 9.98. The Balaban J connectivity index is 1.30. The van der Waals surface area contributed by atoms with Gasteiger partial charge in [0.1, 0.15) is 0 Å². The lowest BCUT2D eigenvalue weighted by molar-refractivity contribution is 0.0539. The lowest BCUT2D eigenvalue weighted by Gasteiger charge is -2.40. The number of carbonyl (C=O) groups is 1. The molecule has 1 saturated heterocycles. The minimum Gasteiger partial charge on any atom is -0.336 e. The normalized spacial score (nSPS) is 19.7. The standard InChI is InChI=1S/C30H28ClN3O3S/c1-20-8-10-22(11-9-20)30(35)34-18-16-33(17-19-34)29-26-7-3-5-21-4-2-6-25(27(21)26)28(29)32-38(36,37)24-14-12-23(31)13-15-24/h2-15,28-29,32H,16-19H2,1H3/t28-,29+/m1/s1. The summed E-state index contributed by atoms with van der Waals surface area (Å²) in [5.41, 5.74) is 3.89. The molecular formula is C30H28ClN3O3S. The number of rotatable bonds is 5. The van der Waals surface area contributed by atoms with E-state index < -0.39 is 16.1 Å². The SMILES string of the molecule is Cc1ccc(C(=O)N2CCN([C@H]3c4cccc5cccc(c45)[C@H]3NS(=O)(=O)c3ccc(Cl)cc3)CC2)cc1. The van der Waals surface area contributed by atoms with Crippen molar-refractivity contribution in [2.75, 3.05) is 26.2 Å². The Bertz CT molecular complexity index is 1610. The fourth-order valence-electron chi connectivity index (χ4n) is 5.72. The Kier molecular flexibility index (Phi) is 6.48. The van der Waals surface area contributed by atoms with Crippen LogP contribution in [0.2, 0.25) is 5.02 Å². The second-order valence-corrected chi connectivity index (χ2v) is 12.1. The van der Waals surface area contributed by atoms with Gasteiger partial charge >= 0.3 is 0 Å². The molecule has 0 aromatic heterocycles. The van der Waals surface area contributed by atoms with E-state index in [4.69, 9.17) is 11.6 Å². The maximum atomic E-state index is 13.5. The van der Waals surface area contributed by atoms with Gasteiger partial charge in [0.25, 0.3) is 5.91 Å². The van der Waals surface area contributed by atoms with Gasteiger partial charge in [-0.25, -0.2) is 13.1 Å². The van der Waals surface area contributed by atoms with Gasteiger partial charge in [0, 0.05) is 36.8 Å². The van der Waals surface area contributed by atoms with Crippen LogP contribution >= 0.6 is 11.6 Å². The van der Waals surface area contributed by atoms with Crippen molar-refractivity contribution >= 4 is 38.3 Å². The number of amides is 1. The average molecular weight is 546 g/mol. The molecule has 6 nitrogen and oxygen atoms in total. The molecule has 1 amide bonds. The molecule has 38 heavy (non-hydrogen) atoms. The third-order valence-corrected chi connectivity index (χ3v) is 9.35. The molecule has 4 aromatic rings. The Morgan fingerprint density at radius 3 is 2.13 bits per heavy atom. The van der Waals surface area contributed by atoms with E-state index in [-0.39, 0.29) is 16.8 Å². The fraction of sp³-hybridized carbons (Fsp3) is 0.233. The number of aryl methyl sites for hydroxylation is 1. The summed E-state index contributed by atoms with van der Waals surface area (Å²) in [6, 6.07) is 25.5. The van der Waals surface area contributed by atoms with Crippen LogP contribution in [0.5, 0.6) is 0 Å². The predicted octanol–water partition coefficient (Wildman–Crippen LogP) is 5.33. The molecule has 4 aromatic carbocycles. The van der Waals surface area contributed by atoms with Crippen molar-refractivity contribution in [3.8, 4) is 0 Å². The smallest absolute Gasteiger partial charge is 0.253 e. The minimum absolute atomic E-state index is 0.0291. The van der Waals surface area contributed by atoms with Gasteiger partial charge in [-0.1, -0.05) is 65.7 Å². The van der Waals surface area contributed by atoms with Gasteiger partial charge in [0.2, 0.25) is 10.0 Å². The maximum absolute atomic E-state index is 13.5. The zero-order chi connectivity index (χ0) is 26.4. The number of nitrogens with zero attached hydrogens (tertiary/aromatic N) is 2. The van der Waals surface area contributed by atoms with Gasteiger partial charge in [-0.2, -0.15) is 0 Å². The van der Waals surface area contributed by atoms with Crippen molar-refractivity contribution in [1.82, 2.24) is 14.5 Å². The number of piperazine rings is 1. The summed E-state index contributed by atoms with van der Waals surface area (Å²) in [5.74, 6) is 0.0291. The zero-order valence-corrected chi connectivity index (χ0v) is 22.5. The van der Waals surface area contributed by atoms with Crippen LogP contribution in [-0.4, -0.2) is 50.3 Å². The molecule has 2 atom stereocenters. The molecule has 6 rings (SSSR count). The van der Waals surface area contributed by atoms with Crippen molar-refractivity contribution in [3.05, 3.63) is 112 Å². The molecule has 0 spiro atoms. The molecule has 0 unspecified atom stereocenters. The molecule has 8 heteroatoms. The topological polar surface area (TPSA) is 69.7 Å². The summed E-state index contributed by atoms with van der Waals surface area (Å²) in [7, 11) is -3.81. The predicted molar refractivity (Wildman–Crippen MR) is 150 cm³/mol. The van der Waals surface area contributed by atoms with Crippen molar-refractivity contribution in [1.29, 1.82) is 0 Å². The second kappa shape index (κ2) is 9.82. The van der Waals surface area contributed by atoms with E-state index >= 15 is 0 Å². The van der Waals surface area contributed by atoms with Crippen LogP contribution in [0.3, 0.4) is 0 Å². The number of halogens is 1. The lowest BCUT2D eigenvalue weighted by atomic mass is 10.0.